The molecule has 1 unspecified atom stereocenters. The summed E-state index contributed by atoms with van der Waals surface area (Å²) < 4.78 is 0. The summed E-state index contributed by atoms with van der Waals surface area (Å²) in [5, 5.41) is 8.85. The van der Waals surface area contributed by atoms with Gasteiger partial charge in [0.1, 0.15) is 0 Å². The fourth-order valence-corrected chi connectivity index (χ4v) is 2.15. The van der Waals surface area contributed by atoms with Gasteiger partial charge in [-0.25, -0.2) is 0 Å². The van der Waals surface area contributed by atoms with E-state index in [0.29, 0.717) is 12.1 Å². The predicted molar refractivity (Wildman–Crippen MR) is 65.3 cm³/mol. The van der Waals surface area contributed by atoms with E-state index in [0.717, 1.165) is 18.7 Å². The van der Waals surface area contributed by atoms with E-state index >= 15 is 0 Å². The van der Waals surface area contributed by atoms with Gasteiger partial charge in [-0.1, -0.05) is 6.07 Å². The standard InChI is InChI=1S/C13H15N3O/c1-13(12(15)17)5-6-16(9-13)11-4-2-3-10(7-11)8-14/h2-4,7H,5-6,9H2,1H3,(H2,15,17). The van der Waals surface area contributed by atoms with Gasteiger partial charge in [-0.15, -0.1) is 0 Å². The normalized spacial score (nSPS) is 23.4. The molecule has 1 atom stereocenters. The average molecular weight is 229 g/mol. The predicted octanol–water partition coefficient (Wildman–Crippen LogP) is 1.26. The molecule has 1 amide bonds. The number of primary amides is 1. The van der Waals surface area contributed by atoms with Crippen LogP contribution in [-0.4, -0.2) is 19.0 Å². The zero-order valence-electron chi connectivity index (χ0n) is 9.81. The molecule has 1 aromatic carbocycles. The first-order valence-electron chi connectivity index (χ1n) is 5.60. The van der Waals surface area contributed by atoms with Crippen LogP contribution in [0.3, 0.4) is 0 Å². The average Bonchev–Trinajstić information content (AvgIpc) is 2.74. The maximum Gasteiger partial charge on any atom is 0.225 e. The van der Waals surface area contributed by atoms with Gasteiger partial charge in [0, 0.05) is 18.8 Å². The molecule has 1 aliphatic heterocycles. The maximum absolute atomic E-state index is 11.4. The lowest BCUT2D eigenvalue weighted by molar-refractivity contribution is -0.125. The summed E-state index contributed by atoms with van der Waals surface area (Å²) in [7, 11) is 0. The SMILES string of the molecule is CC1(C(N)=O)CCN(c2cccc(C#N)c2)C1. The van der Waals surface area contributed by atoms with E-state index in [2.05, 4.69) is 11.0 Å². The van der Waals surface area contributed by atoms with E-state index in [9.17, 15) is 4.79 Å². The number of nitriles is 1. The molecule has 2 rings (SSSR count). The van der Waals surface area contributed by atoms with Gasteiger partial charge in [0.05, 0.1) is 17.0 Å². The monoisotopic (exact) mass is 229 g/mol. The second-order valence-corrected chi connectivity index (χ2v) is 4.76. The second kappa shape index (κ2) is 4.10. The molecule has 1 aromatic rings. The van der Waals surface area contributed by atoms with E-state index in [1.54, 1.807) is 6.07 Å². The molecule has 17 heavy (non-hydrogen) atoms. The Labute approximate surface area is 101 Å². The first kappa shape index (κ1) is 11.5. The van der Waals surface area contributed by atoms with Crippen LogP contribution in [0.5, 0.6) is 0 Å². The van der Waals surface area contributed by atoms with E-state index in [-0.39, 0.29) is 5.91 Å². The fraction of sp³-hybridized carbons (Fsp3) is 0.385. The van der Waals surface area contributed by atoms with Crippen LogP contribution in [0, 0.1) is 16.7 Å². The van der Waals surface area contributed by atoms with Crippen molar-refractivity contribution in [1.29, 1.82) is 5.26 Å². The van der Waals surface area contributed by atoms with Crippen LogP contribution < -0.4 is 10.6 Å². The Morgan fingerprint density at radius 1 is 1.59 bits per heavy atom. The Hall–Kier alpha value is -2.02. The third-order valence-electron chi connectivity index (χ3n) is 3.41. The Balaban J connectivity index is 2.21. The lowest BCUT2D eigenvalue weighted by Crippen LogP contribution is -2.37. The van der Waals surface area contributed by atoms with Crippen molar-refractivity contribution in [1.82, 2.24) is 0 Å². The molecule has 1 fully saturated rings. The van der Waals surface area contributed by atoms with Crippen molar-refractivity contribution in [3.63, 3.8) is 0 Å². The summed E-state index contributed by atoms with van der Waals surface area (Å²) in [6.45, 7) is 3.31. The molecular weight excluding hydrogens is 214 g/mol. The number of hydrogen-bond acceptors (Lipinski definition) is 3. The number of rotatable bonds is 2. The summed E-state index contributed by atoms with van der Waals surface area (Å²) in [4.78, 5) is 13.5. The maximum atomic E-state index is 11.4. The van der Waals surface area contributed by atoms with Crippen molar-refractivity contribution < 1.29 is 4.79 Å². The van der Waals surface area contributed by atoms with Crippen molar-refractivity contribution in [2.45, 2.75) is 13.3 Å². The molecule has 0 aliphatic carbocycles. The summed E-state index contributed by atoms with van der Waals surface area (Å²) in [5.74, 6) is -0.253. The van der Waals surface area contributed by atoms with E-state index in [1.807, 2.05) is 25.1 Å². The molecule has 0 radical (unpaired) electrons. The number of benzene rings is 1. The molecule has 1 aliphatic rings. The lowest BCUT2D eigenvalue weighted by Gasteiger charge is -2.22. The van der Waals surface area contributed by atoms with Gasteiger partial charge in [-0.05, 0) is 31.5 Å². The highest BCUT2D eigenvalue weighted by Gasteiger charge is 2.38. The summed E-state index contributed by atoms with van der Waals surface area (Å²) in [6, 6.07) is 9.53. The van der Waals surface area contributed by atoms with Crippen molar-refractivity contribution in [2.24, 2.45) is 11.1 Å². The van der Waals surface area contributed by atoms with Gasteiger partial charge in [-0.3, -0.25) is 4.79 Å². The number of anilines is 1. The van der Waals surface area contributed by atoms with Crippen molar-refractivity contribution in [3.05, 3.63) is 29.8 Å². The van der Waals surface area contributed by atoms with E-state index in [4.69, 9.17) is 11.0 Å². The molecule has 4 nitrogen and oxygen atoms in total. The van der Waals surface area contributed by atoms with Gasteiger partial charge < -0.3 is 10.6 Å². The Bertz CT molecular complexity index is 492. The first-order valence-corrected chi connectivity index (χ1v) is 5.60. The third-order valence-corrected chi connectivity index (χ3v) is 3.41. The topological polar surface area (TPSA) is 70.1 Å². The fourth-order valence-electron chi connectivity index (χ4n) is 2.15. The van der Waals surface area contributed by atoms with E-state index in [1.165, 1.54) is 0 Å². The van der Waals surface area contributed by atoms with Crippen LogP contribution >= 0.6 is 0 Å². The number of carbonyl (C=O) groups excluding carboxylic acids is 1. The highest BCUT2D eigenvalue weighted by molar-refractivity contribution is 5.82. The summed E-state index contributed by atoms with van der Waals surface area (Å²) in [5.41, 5.74) is 6.57. The van der Waals surface area contributed by atoms with Crippen LogP contribution in [0.1, 0.15) is 18.9 Å². The van der Waals surface area contributed by atoms with Crippen LogP contribution in [0.25, 0.3) is 0 Å². The zero-order chi connectivity index (χ0) is 12.5. The van der Waals surface area contributed by atoms with Crippen molar-refractivity contribution >= 4 is 11.6 Å². The number of carbonyl (C=O) groups is 1. The Morgan fingerprint density at radius 3 is 2.94 bits per heavy atom. The van der Waals surface area contributed by atoms with Crippen LogP contribution in [0.4, 0.5) is 5.69 Å². The minimum Gasteiger partial charge on any atom is -0.370 e. The van der Waals surface area contributed by atoms with Crippen molar-refractivity contribution in [2.75, 3.05) is 18.0 Å². The molecule has 1 heterocycles. The molecule has 0 saturated carbocycles. The Morgan fingerprint density at radius 2 is 2.35 bits per heavy atom. The zero-order valence-corrected chi connectivity index (χ0v) is 9.81. The molecule has 88 valence electrons. The van der Waals surface area contributed by atoms with Gasteiger partial charge in [0.2, 0.25) is 5.91 Å². The molecular formula is C13H15N3O. The Kier molecular flexibility index (Phi) is 2.76. The highest BCUT2D eigenvalue weighted by atomic mass is 16.1. The smallest absolute Gasteiger partial charge is 0.225 e. The number of nitrogens with zero attached hydrogens (tertiary/aromatic N) is 2. The molecule has 0 spiro atoms. The number of amides is 1. The quantitative estimate of drug-likeness (QED) is 0.830. The number of nitrogens with two attached hydrogens (primary N) is 1. The van der Waals surface area contributed by atoms with Gasteiger partial charge in [0.15, 0.2) is 0 Å². The van der Waals surface area contributed by atoms with Crippen molar-refractivity contribution in [3.8, 4) is 6.07 Å². The highest BCUT2D eigenvalue weighted by Crippen LogP contribution is 2.32. The van der Waals surface area contributed by atoms with Gasteiger partial charge in [0.25, 0.3) is 0 Å². The molecule has 0 aromatic heterocycles. The number of hydrogen-bond donors (Lipinski definition) is 1. The molecule has 4 heteroatoms. The van der Waals surface area contributed by atoms with Crippen LogP contribution in [-0.2, 0) is 4.79 Å². The van der Waals surface area contributed by atoms with Crippen LogP contribution in [0.2, 0.25) is 0 Å². The minimum atomic E-state index is -0.456. The summed E-state index contributed by atoms with van der Waals surface area (Å²) in [6.07, 6.45) is 0.763. The first-order chi connectivity index (χ1) is 8.05. The minimum absolute atomic E-state index is 0.253. The van der Waals surface area contributed by atoms with Crippen LogP contribution in [0.15, 0.2) is 24.3 Å². The third kappa shape index (κ3) is 2.09. The lowest BCUT2D eigenvalue weighted by atomic mass is 9.89. The molecule has 0 bridgehead atoms. The molecule has 2 N–H and O–H groups in total. The van der Waals surface area contributed by atoms with E-state index < -0.39 is 5.41 Å². The summed E-state index contributed by atoms with van der Waals surface area (Å²) >= 11 is 0. The van der Waals surface area contributed by atoms with Gasteiger partial charge >= 0.3 is 0 Å². The second-order valence-electron chi connectivity index (χ2n) is 4.76. The van der Waals surface area contributed by atoms with Gasteiger partial charge in [-0.2, -0.15) is 5.26 Å². The molecule has 1 saturated heterocycles. The largest absolute Gasteiger partial charge is 0.370 e.